The molecule has 1 rings (SSSR count). The molecule has 7 nitrogen and oxygen atoms in total. The fraction of sp³-hybridized carbons (Fsp3) is 0.500. The summed E-state index contributed by atoms with van der Waals surface area (Å²) in [6.45, 7) is 2.42. The van der Waals surface area contributed by atoms with Crippen LogP contribution in [0.4, 0.5) is 4.79 Å². The summed E-state index contributed by atoms with van der Waals surface area (Å²) in [6.07, 6.45) is 0.744. The molecule has 128 valence electrons. The summed E-state index contributed by atoms with van der Waals surface area (Å²) in [5.74, 6) is 1.03. The molecule has 0 spiro atoms. The van der Waals surface area contributed by atoms with Crippen LogP contribution in [0.3, 0.4) is 0 Å². The van der Waals surface area contributed by atoms with Crippen LogP contribution in [0, 0.1) is 0 Å². The van der Waals surface area contributed by atoms with Gasteiger partial charge in [-0.2, -0.15) is 0 Å². The lowest BCUT2D eigenvalue weighted by Gasteiger charge is -2.23. The molecule has 7 heteroatoms. The Hall–Kier alpha value is -2.28. The number of nitrogens with zero attached hydrogens (tertiary/aromatic N) is 1. The van der Waals surface area contributed by atoms with Gasteiger partial charge in [-0.3, -0.25) is 15.0 Å². The van der Waals surface area contributed by atoms with Crippen LogP contribution >= 0.6 is 0 Å². The van der Waals surface area contributed by atoms with Crippen molar-refractivity contribution in [3.8, 4) is 11.5 Å². The molecule has 0 bridgehead atoms. The number of ether oxygens (including phenoxy) is 2. The summed E-state index contributed by atoms with van der Waals surface area (Å²) < 4.78 is 10.5. The number of urea groups is 1. The number of methoxy groups -OCH3 is 2. The van der Waals surface area contributed by atoms with Gasteiger partial charge in [0.15, 0.2) is 11.5 Å². The third kappa shape index (κ3) is 5.45. The number of imide groups is 1. The minimum atomic E-state index is -0.504. The van der Waals surface area contributed by atoms with Crippen molar-refractivity contribution in [1.29, 1.82) is 0 Å². The SMILES string of the molecule is CNC(=O)NC(=O)[C@H](C)N(C)CCc1ccc(OC)c(OC)c1. The zero-order chi connectivity index (χ0) is 17.4. The minimum Gasteiger partial charge on any atom is -0.493 e. The Balaban J connectivity index is 2.60. The predicted molar refractivity (Wildman–Crippen MR) is 87.9 cm³/mol. The molecule has 0 aliphatic heterocycles. The molecule has 1 aromatic rings. The van der Waals surface area contributed by atoms with Gasteiger partial charge >= 0.3 is 6.03 Å². The molecule has 0 aliphatic carbocycles. The van der Waals surface area contributed by atoms with E-state index in [0.717, 1.165) is 12.0 Å². The van der Waals surface area contributed by atoms with Gasteiger partial charge in [0, 0.05) is 13.6 Å². The standard InChI is InChI=1S/C16H25N3O4/c1-11(15(20)18-16(21)17-2)19(3)9-8-12-6-7-13(22-4)14(10-12)23-5/h6-7,10-11H,8-9H2,1-5H3,(H2,17,18,20,21)/t11-/m0/s1. The number of nitrogens with one attached hydrogen (secondary N) is 2. The van der Waals surface area contributed by atoms with E-state index in [4.69, 9.17) is 9.47 Å². The minimum absolute atomic E-state index is 0.334. The maximum absolute atomic E-state index is 11.9. The highest BCUT2D eigenvalue weighted by Gasteiger charge is 2.19. The molecule has 0 radical (unpaired) electrons. The molecule has 2 N–H and O–H groups in total. The molecular formula is C16H25N3O4. The van der Waals surface area contributed by atoms with E-state index < -0.39 is 12.1 Å². The van der Waals surface area contributed by atoms with Crippen molar-refractivity contribution in [2.75, 3.05) is 34.9 Å². The zero-order valence-electron chi connectivity index (χ0n) is 14.3. The van der Waals surface area contributed by atoms with Crippen molar-refractivity contribution in [3.05, 3.63) is 23.8 Å². The Bertz CT molecular complexity index is 548. The normalized spacial score (nSPS) is 11.7. The lowest BCUT2D eigenvalue weighted by Crippen LogP contribution is -2.48. The van der Waals surface area contributed by atoms with Gasteiger partial charge in [-0.25, -0.2) is 4.79 Å². The van der Waals surface area contributed by atoms with Crippen LogP contribution in [0.1, 0.15) is 12.5 Å². The smallest absolute Gasteiger partial charge is 0.321 e. The van der Waals surface area contributed by atoms with Gasteiger partial charge in [0.05, 0.1) is 20.3 Å². The van der Waals surface area contributed by atoms with Gasteiger partial charge in [0.2, 0.25) is 5.91 Å². The van der Waals surface area contributed by atoms with Crippen molar-refractivity contribution in [2.45, 2.75) is 19.4 Å². The number of carbonyl (C=O) groups excluding carboxylic acids is 2. The van der Waals surface area contributed by atoms with Gasteiger partial charge in [-0.1, -0.05) is 6.07 Å². The highest BCUT2D eigenvalue weighted by atomic mass is 16.5. The predicted octanol–water partition coefficient (Wildman–Crippen LogP) is 1.02. The van der Waals surface area contributed by atoms with Gasteiger partial charge in [-0.15, -0.1) is 0 Å². The van der Waals surface area contributed by atoms with Crippen LogP contribution in [0.25, 0.3) is 0 Å². The second-order valence-corrected chi connectivity index (χ2v) is 5.16. The molecule has 0 saturated carbocycles. The van der Waals surface area contributed by atoms with Crippen LogP contribution < -0.4 is 20.1 Å². The number of benzene rings is 1. The van der Waals surface area contributed by atoms with Gasteiger partial charge < -0.3 is 14.8 Å². The third-order valence-corrected chi connectivity index (χ3v) is 3.71. The molecule has 0 aliphatic rings. The first-order chi connectivity index (χ1) is 10.9. The topological polar surface area (TPSA) is 79.9 Å². The molecule has 0 unspecified atom stereocenters. The fourth-order valence-corrected chi connectivity index (χ4v) is 2.01. The van der Waals surface area contributed by atoms with Crippen LogP contribution in [0.5, 0.6) is 11.5 Å². The Labute approximate surface area is 136 Å². The largest absolute Gasteiger partial charge is 0.493 e. The first kappa shape index (κ1) is 18.8. The summed E-state index contributed by atoms with van der Waals surface area (Å²) in [7, 11) is 6.50. The Morgan fingerprint density at radius 2 is 1.87 bits per heavy atom. The van der Waals surface area contributed by atoms with Gasteiger partial charge in [0.1, 0.15) is 0 Å². The van der Waals surface area contributed by atoms with E-state index in [1.807, 2.05) is 30.1 Å². The molecule has 0 fully saturated rings. The average Bonchev–Trinajstić information content (AvgIpc) is 2.58. The maximum atomic E-state index is 11.9. The van der Waals surface area contributed by atoms with E-state index in [9.17, 15) is 9.59 Å². The monoisotopic (exact) mass is 323 g/mol. The lowest BCUT2D eigenvalue weighted by atomic mass is 10.1. The molecule has 23 heavy (non-hydrogen) atoms. The summed E-state index contributed by atoms with van der Waals surface area (Å²) in [6, 6.07) is 4.82. The van der Waals surface area contributed by atoms with E-state index in [1.165, 1.54) is 7.05 Å². The lowest BCUT2D eigenvalue weighted by molar-refractivity contribution is -0.124. The molecular weight excluding hydrogens is 298 g/mol. The molecule has 1 aromatic carbocycles. The van der Waals surface area contributed by atoms with Crippen LogP contribution in [-0.4, -0.2) is 57.7 Å². The Morgan fingerprint density at radius 1 is 1.22 bits per heavy atom. The fourth-order valence-electron chi connectivity index (χ4n) is 2.01. The molecule has 1 atom stereocenters. The number of hydrogen-bond donors (Lipinski definition) is 2. The second-order valence-electron chi connectivity index (χ2n) is 5.16. The third-order valence-electron chi connectivity index (χ3n) is 3.71. The van der Waals surface area contributed by atoms with Crippen molar-refractivity contribution in [1.82, 2.24) is 15.5 Å². The Kier molecular flexibility index (Phi) is 7.34. The first-order valence-electron chi connectivity index (χ1n) is 7.36. The van der Waals surface area contributed by atoms with E-state index in [-0.39, 0.29) is 5.91 Å². The van der Waals surface area contributed by atoms with E-state index >= 15 is 0 Å². The first-order valence-corrected chi connectivity index (χ1v) is 7.36. The quantitative estimate of drug-likeness (QED) is 0.783. The van der Waals surface area contributed by atoms with E-state index in [2.05, 4.69) is 10.6 Å². The molecule has 0 saturated heterocycles. The van der Waals surface area contributed by atoms with Gasteiger partial charge in [-0.05, 0) is 38.1 Å². The van der Waals surface area contributed by atoms with E-state index in [1.54, 1.807) is 21.1 Å². The number of amides is 3. The van der Waals surface area contributed by atoms with Crippen molar-refractivity contribution >= 4 is 11.9 Å². The number of rotatable bonds is 7. The van der Waals surface area contributed by atoms with Crippen LogP contribution in [0.2, 0.25) is 0 Å². The molecule has 0 heterocycles. The average molecular weight is 323 g/mol. The van der Waals surface area contributed by atoms with E-state index in [0.29, 0.717) is 18.0 Å². The van der Waals surface area contributed by atoms with Crippen molar-refractivity contribution in [3.63, 3.8) is 0 Å². The summed E-state index contributed by atoms with van der Waals surface area (Å²) in [5, 5.41) is 4.63. The van der Waals surface area contributed by atoms with Crippen LogP contribution in [-0.2, 0) is 11.2 Å². The maximum Gasteiger partial charge on any atom is 0.321 e. The number of hydrogen-bond acceptors (Lipinski definition) is 5. The molecule has 0 aromatic heterocycles. The number of carbonyl (C=O) groups is 2. The number of likely N-dealkylation sites (N-methyl/N-ethyl adjacent to an activating group) is 1. The highest BCUT2D eigenvalue weighted by Crippen LogP contribution is 2.27. The van der Waals surface area contributed by atoms with Crippen molar-refractivity contribution in [2.24, 2.45) is 0 Å². The highest BCUT2D eigenvalue weighted by molar-refractivity contribution is 5.96. The summed E-state index contributed by atoms with van der Waals surface area (Å²) >= 11 is 0. The summed E-state index contributed by atoms with van der Waals surface area (Å²) in [4.78, 5) is 25.0. The van der Waals surface area contributed by atoms with Crippen LogP contribution in [0.15, 0.2) is 18.2 Å². The molecule has 3 amide bonds. The van der Waals surface area contributed by atoms with Gasteiger partial charge in [0.25, 0.3) is 0 Å². The van der Waals surface area contributed by atoms with Crippen molar-refractivity contribution < 1.29 is 19.1 Å². The summed E-state index contributed by atoms with van der Waals surface area (Å²) in [5.41, 5.74) is 1.08. The zero-order valence-corrected chi connectivity index (χ0v) is 14.3. The Morgan fingerprint density at radius 3 is 2.43 bits per heavy atom. The second kappa shape index (κ2) is 8.99.